The van der Waals surface area contributed by atoms with Gasteiger partial charge in [0, 0.05) is 18.7 Å². The van der Waals surface area contributed by atoms with Crippen molar-refractivity contribution in [1.29, 1.82) is 0 Å². The zero-order valence-electron chi connectivity index (χ0n) is 17.3. The normalized spacial score (nSPS) is 15.5. The molecule has 0 aliphatic carbocycles. The molecular formula is C22H25N3O4S2. The third kappa shape index (κ3) is 4.73. The molecule has 1 saturated heterocycles. The minimum atomic E-state index is -3.54. The Kier molecular flexibility index (Phi) is 6.54. The summed E-state index contributed by atoms with van der Waals surface area (Å²) in [5.74, 6) is 0.343. The van der Waals surface area contributed by atoms with Crippen LogP contribution in [-0.2, 0) is 10.0 Å². The topological polar surface area (TPSA) is 88.6 Å². The van der Waals surface area contributed by atoms with E-state index >= 15 is 0 Å². The van der Waals surface area contributed by atoms with Crippen LogP contribution in [0.15, 0.2) is 47.4 Å². The number of thiazole rings is 1. The van der Waals surface area contributed by atoms with Crippen LogP contribution in [0.2, 0.25) is 0 Å². The number of fused-ring (bicyclic) bond motifs is 1. The maximum atomic E-state index is 12.9. The molecule has 0 saturated carbocycles. The van der Waals surface area contributed by atoms with Crippen LogP contribution in [0.4, 0.5) is 5.13 Å². The summed E-state index contributed by atoms with van der Waals surface area (Å²) in [6.07, 6.45) is 3.88. The monoisotopic (exact) mass is 459 g/mol. The highest BCUT2D eigenvalue weighted by Gasteiger charge is 2.25. The fourth-order valence-electron chi connectivity index (χ4n) is 3.63. The summed E-state index contributed by atoms with van der Waals surface area (Å²) >= 11 is 1.36. The average molecular weight is 460 g/mol. The van der Waals surface area contributed by atoms with Crippen molar-refractivity contribution in [2.45, 2.75) is 37.5 Å². The molecule has 7 nitrogen and oxygen atoms in total. The molecule has 2 aromatic carbocycles. The molecule has 0 bridgehead atoms. The molecule has 164 valence electrons. The molecule has 1 amide bonds. The number of carbonyl (C=O) groups excluding carboxylic acids is 1. The number of nitrogens with one attached hydrogen (secondary N) is 1. The zero-order valence-corrected chi connectivity index (χ0v) is 19.0. The van der Waals surface area contributed by atoms with Crippen LogP contribution in [0.1, 0.15) is 43.0 Å². The van der Waals surface area contributed by atoms with Gasteiger partial charge in [-0.2, -0.15) is 4.31 Å². The van der Waals surface area contributed by atoms with Crippen molar-refractivity contribution in [3.8, 4) is 5.75 Å². The number of hydrogen-bond acceptors (Lipinski definition) is 6. The Morgan fingerprint density at radius 1 is 1.10 bits per heavy atom. The first-order chi connectivity index (χ1) is 15.0. The summed E-state index contributed by atoms with van der Waals surface area (Å²) in [4.78, 5) is 17.4. The van der Waals surface area contributed by atoms with Gasteiger partial charge < -0.3 is 4.74 Å². The fourth-order valence-corrected chi connectivity index (χ4v) is 6.02. The van der Waals surface area contributed by atoms with E-state index in [0.29, 0.717) is 41.7 Å². The molecule has 2 heterocycles. The van der Waals surface area contributed by atoms with E-state index in [0.717, 1.165) is 30.4 Å². The molecule has 0 atom stereocenters. The predicted molar refractivity (Wildman–Crippen MR) is 122 cm³/mol. The highest BCUT2D eigenvalue weighted by Crippen LogP contribution is 2.32. The molecule has 1 N–H and O–H groups in total. The molecule has 4 rings (SSSR count). The molecule has 0 spiro atoms. The molecule has 31 heavy (non-hydrogen) atoms. The van der Waals surface area contributed by atoms with Crippen LogP contribution in [0.25, 0.3) is 10.2 Å². The Morgan fingerprint density at radius 2 is 1.81 bits per heavy atom. The van der Waals surface area contributed by atoms with Crippen LogP contribution >= 0.6 is 11.3 Å². The highest BCUT2D eigenvalue weighted by molar-refractivity contribution is 7.89. The summed E-state index contributed by atoms with van der Waals surface area (Å²) in [5.41, 5.74) is 1.09. The van der Waals surface area contributed by atoms with Gasteiger partial charge in [-0.05, 0) is 56.2 Å². The van der Waals surface area contributed by atoms with Gasteiger partial charge in [-0.1, -0.05) is 30.2 Å². The fraction of sp³-hybridized carbons (Fsp3) is 0.364. The largest absolute Gasteiger partial charge is 0.492 e. The quantitative estimate of drug-likeness (QED) is 0.586. The third-order valence-corrected chi connectivity index (χ3v) is 8.07. The van der Waals surface area contributed by atoms with E-state index in [9.17, 15) is 13.2 Å². The Bertz CT molecular complexity index is 1170. The van der Waals surface area contributed by atoms with Crippen LogP contribution in [0, 0.1) is 0 Å². The van der Waals surface area contributed by atoms with Crippen molar-refractivity contribution in [2.75, 3.05) is 25.0 Å². The molecular weight excluding hydrogens is 434 g/mol. The standard InChI is InChI=1S/C22H25N3O4S2/c1-2-29-18-8-7-9-19-20(18)23-22(30-19)24-21(26)16-10-12-17(13-11-16)31(27,28)25-14-5-3-4-6-15-25/h7-13H,2-6,14-15H2,1H3,(H,23,24,26). The number of rotatable bonds is 6. The van der Waals surface area contributed by atoms with Crippen molar-refractivity contribution < 1.29 is 17.9 Å². The number of aromatic nitrogens is 1. The number of para-hydroxylation sites is 1. The summed E-state index contributed by atoms with van der Waals surface area (Å²) < 4.78 is 33.9. The Morgan fingerprint density at radius 3 is 2.48 bits per heavy atom. The van der Waals surface area contributed by atoms with Crippen LogP contribution in [0.3, 0.4) is 0 Å². The van der Waals surface area contributed by atoms with Crippen LogP contribution < -0.4 is 10.1 Å². The number of amides is 1. The molecule has 3 aromatic rings. The van der Waals surface area contributed by atoms with Gasteiger partial charge >= 0.3 is 0 Å². The predicted octanol–water partition coefficient (Wildman–Crippen LogP) is 4.51. The third-order valence-electron chi connectivity index (χ3n) is 5.22. The van der Waals surface area contributed by atoms with Gasteiger partial charge in [0.1, 0.15) is 11.3 Å². The molecule has 1 fully saturated rings. The maximum absolute atomic E-state index is 12.9. The number of hydrogen-bond donors (Lipinski definition) is 1. The minimum Gasteiger partial charge on any atom is -0.492 e. The van der Waals surface area contributed by atoms with Crippen LogP contribution in [-0.4, -0.2) is 43.3 Å². The van der Waals surface area contributed by atoms with E-state index < -0.39 is 10.0 Å². The number of sulfonamides is 1. The molecule has 0 unspecified atom stereocenters. The second kappa shape index (κ2) is 9.33. The lowest BCUT2D eigenvalue weighted by Crippen LogP contribution is -2.31. The van der Waals surface area contributed by atoms with Gasteiger partial charge in [-0.25, -0.2) is 13.4 Å². The van der Waals surface area contributed by atoms with Gasteiger partial charge in [0.05, 0.1) is 16.2 Å². The number of ether oxygens (including phenoxy) is 1. The zero-order chi connectivity index (χ0) is 21.8. The van der Waals surface area contributed by atoms with E-state index in [1.807, 2.05) is 25.1 Å². The van der Waals surface area contributed by atoms with Crippen molar-refractivity contribution in [2.24, 2.45) is 0 Å². The smallest absolute Gasteiger partial charge is 0.257 e. The van der Waals surface area contributed by atoms with Gasteiger partial charge in [-0.3, -0.25) is 10.1 Å². The van der Waals surface area contributed by atoms with Gasteiger partial charge in [-0.15, -0.1) is 0 Å². The summed E-state index contributed by atoms with van der Waals surface area (Å²) in [5, 5.41) is 3.27. The summed E-state index contributed by atoms with van der Waals surface area (Å²) in [7, 11) is -3.54. The van der Waals surface area contributed by atoms with E-state index in [2.05, 4.69) is 10.3 Å². The lowest BCUT2D eigenvalue weighted by atomic mass is 10.2. The van der Waals surface area contributed by atoms with Crippen LogP contribution in [0.5, 0.6) is 5.75 Å². The van der Waals surface area contributed by atoms with Gasteiger partial charge in [0.15, 0.2) is 5.13 Å². The molecule has 1 aliphatic heterocycles. The summed E-state index contributed by atoms with van der Waals surface area (Å²) in [6.45, 7) is 3.54. The first-order valence-electron chi connectivity index (χ1n) is 10.4. The Balaban J connectivity index is 1.50. The number of nitrogens with zero attached hydrogens (tertiary/aromatic N) is 2. The minimum absolute atomic E-state index is 0.215. The molecule has 1 aliphatic rings. The van der Waals surface area contributed by atoms with Crippen molar-refractivity contribution >= 4 is 42.6 Å². The van der Waals surface area contributed by atoms with Crippen molar-refractivity contribution in [3.05, 3.63) is 48.0 Å². The second-order valence-corrected chi connectivity index (χ2v) is 10.3. The molecule has 9 heteroatoms. The van der Waals surface area contributed by atoms with E-state index in [-0.39, 0.29) is 10.8 Å². The highest BCUT2D eigenvalue weighted by atomic mass is 32.2. The molecule has 1 aromatic heterocycles. The Hall–Kier alpha value is -2.49. The van der Waals surface area contributed by atoms with E-state index in [1.54, 1.807) is 16.4 Å². The number of carbonyl (C=O) groups is 1. The Labute approximate surface area is 186 Å². The average Bonchev–Trinajstić information content (AvgIpc) is 2.98. The maximum Gasteiger partial charge on any atom is 0.257 e. The first-order valence-corrected chi connectivity index (χ1v) is 12.7. The summed E-state index contributed by atoms with van der Waals surface area (Å²) in [6, 6.07) is 11.7. The lowest BCUT2D eigenvalue weighted by molar-refractivity contribution is 0.102. The SMILES string of the molecule is CCOc1cccc2sc(NC(=O)c3ccc(S(=O)(=O)N4CCCCCC4)cc3)nc12. The van der Waals surface area contributed by atoms with Gasteiger partial charge in [0.25, 0.3) is 5.91 Å². The van der Waals surface area contributed by atoms with Gasteiger partial charge in [0.2, 0.25) is 10.0 Å². The lowest BCUT2D eigenvalue weighted by Gasteiger charge is -2.20. The van der Waals surface area contributed by atoms with E-state index in [4.69, 9.17) is 4.74 Å². The molecule has 0 radical (unpaired) electrons. The number of anilines is 1. The van der Waals surface area contributed by atoms with Crippen molar-refractivity contribution in [3.63, 3.8) is 0 Å². The second-order valence-electron chi connectivity index (χ2n) is 7.35. The van der Waals surface area contributed by atoms with E-state index in [1.165, 1.54) is 23.5 Å². The van der Waals surface area contributed by atoms with Crippen molar-refractivity contribution in [1.82, 2.24) is 9.29 Å². The number of benzene rings is 2. The first kappa shape index (κ1) is 21.7.